The van der Waals surface area contributed by atoms with Gasteiger partial charge in [0.2, 0.25) is 21.8 Å². The quantitative estimate of drug-likeness (QED) is 0.781. The molecule has 2 fully saturated rings. The second kappa shape index (κ2) is 7.42. The van der Waals surface area contributed by atoms with Gasteiger partial charge in [-0.2, -0.15) is 4.31 Å². The zero-order valence-electron chi connectivity index (χ0n) is 17.1. The van der Waals surface area contributed by atoms with E-state index in [9.17, 15) is 18.0 Å². The number of anilines is 1. The Bertz CT molecular complexity index is 1150. The lowest BCUT2D eigenvalue weighted by Gasteiger charge is -2.24. The van der Waals surface area contributed by atoms with Gasteiger partial charge in [0.1, 0.15) is 0 Å². The Morgan fingerprint density at radius 1 is 1.06 bits per heavy atom. The summed E-state index contributed by atoms with van der Waals surface area (Å²) in [6.07, 6.45) is 3.77. The predicted molar refractivity (Wildman–Crippen MR) is 113 cm³/mol. The zero-order chi connectivity index (χ0) is 21.6. The highest BCUT2D eigenvalue weighted by Gasteiger charge is 2.53. The maximum absolute atomic E-state index is 13.3. The van der Waals surface area contributed by atoms with Crippen LogP contribution in [-0.2, 0) is 32.6 Å². The molecule has 8 nitrogen and oxygen atoms in total. The van der Waals surface area contributed by atoms with Crippen molar-refractivity contribution in [3.63, 3.8) is 0 Å². The Morgan fingerprint density at radius 2 is 1.90 bits per heavy atom. The summed E-state index contributed by atoms with van der Waals surface area (Å²) >= 11 is 0. The molecule has 2 amide bonds. The van der Waals surface area contributed by atoms with Crippen LogP contribution in [0.1, 0.15) is 30.5 Å². The number of aromatic nitrogens is 1. The molecule has 3 aliphatic rings. The van der Waals surface area contributed by atoms with Crippen LogP contribution < -0.4 is 5.32 Å². The van der Waals surface area contributed by atoms with Crippen molar-refractivity contribution < 1.29 is 18.0 Å². The van der Waals surface area contributed by atoms with Crippen molar-refractivity contribution in [1.82, 2.24) is 14.2 Å². The molecule has 0 bridgehead atoms. The molecular formula is C22H24N4O4S. The normalized spacial score (nSPS) is 23.9. The van der Waals surface area contributed by atoms with Gasteiger partial charge in [0.05, 0.1) is 22.5 Å². The molecule has 0 saturated carbocycles. The van der Waals surface area contributed by atoms with E-state index in [0.29, 0.717) is 51.0 Å². The summed E-state index contributed by atoms with van der Waals surface area (Å²) in [4.78, 5) is 31.1. The van der Waals surface area contributed by atoms with Crippen LogP contribution in [0, 0.1) is 5.41 Å². The standard InChI is InChI=1S/C22H24N4O4S/c27-20-7-4-16-13-18(5-6-19(16)24-20)31(29,30)26-12-9-22(15-26)8-11-25(21(22)28)14-17-3-1-2-10-23-17/h1-3,5-6,10,13H,4,7-9,11-12,14-15H2,(H,24,27). The van der Waals surface area contributed by atoms with E-state index in [-0.39, 0.29) is 23.3 Å². The van der Waals surface area contributed by atoms with Gasteiger partial charge in [-0.15, -0.1) is 0 Å². The average molecular weight is 441 g/mol. The molecule has 2 saturated heterocycles. The number of pyridine rings is 1. The molecule has 0 aliphatic carbocycles. The summed E-state index contributed by atoms with van der Waals surface area (Å²) in [6, 6.07) is 10.5. The minimum atomic E-state index is -3.71. The number of fused-ring (bicyclic) bond motifs is 1. The van der Waals surface area contributed by atoms with Crippen molar-refractivity contribution in [2.45, 2.75) is 37.1 Å². The molecule has 0 radical (unpaired) electrons. The number of hydrogen-bond donors (Lipinski definition) is 1. The number of sulfonamides is 1. The van der Waals surface area contributed by atoms with Gasteiger partial charge in [-0.3, -0.25) is 14.6 Å². The molecule has 1 unspecified atom stereocenters. The highest BCUT2D eigenvalue weighted by Crippen LogP contribution is 2.43. The summed E-state index contributed by atoms with van der Waals surface area (Å²) < 4.78 is 28.1. The van der Waals surface area contributed by atoms with Gasteiger partial charge in [-0.05, 0) is 55.2 Å². The van der Waals surface area contributed by atoms with Crippen LogP contribution in [0.4, 0.5) is 5.69 Å². The predicted octanol–water partition coefficient (Wildman–Crippen LogP) is 1.78. The van der Waals surface area contributed by atoms with Gasteiger partial charge in [-0.25, -0.2) is 8.42 Å². The summed E-state index contributed by atoms with van der Waals surface area (Å²) in [5, 5.41) is 2.78. The van der Waals surface area contributed by atoms with E-state index in [1.54, 1.807) is 23.2 Å². The van der Waals surface area contributed by atoms with Gasteiger partial charge in [0.25, 0.3) is 0 Å². The smallest absolute Gasteiger partial charge is 0.243 e. The molecule has 1 atom stereocenters. The van der Waals surface area contributed by atoms with E-state index in [0.717, 1.165) is 11.3 Å². The summed E-state index contributed by atoms with van der Waals surface area (Å²) in [5.41, 5.74) is 1.68. The molecule has 9 heteroatoms. The minimum Gasteiger partial charge on any atom is -0.336 e. The Morgan fingerprint density at radius 3 is 2.71 bits per heavy atom. The fourth-order valence-corrected chi connectivity index (χ4v) is 6.40. The molecule has 1 spiro atoms. The van der Waals surface area contributed by atoms with E-state index < -0.39 is 15.4 Å². The lowest BCUT2D eigenvalue weighted by atomic mass is 9.86. The number of amides is 2. The van der Waals surface area contributed by atoms with E-state index in [1.165, 1.54) is 10.4 Å². The lowest BCUT2D eigenvalue weighted by Crippen LogP contribution is -2.38. The first-order valence-electron chi connectivity index (χ1n) is 10.5. The first-order chi connectivity index (χ1) is 14.9. The third-order valence-electron chi connectivity index (χ3n) is 6.61. The second-order valence-corrected chi connectivity index (χ2v) is 10.5. The Hall–Kier alpha value is -2.78. The van der Waals surface area contributed by atoms with Gasteiger partial charge in [-0.1, -0.05) is 6.07 Å². The van der Waals surface area contributed by atoms with Crippen molar-refractivity contribution in [3.05, 3.63) is 53.9 Å². The van der Waals surface area contributed by atoms with Gasteiger partial charge < -0.3 is 10.2 Å². The van der Waals surface area contributed by atoms with Crippen molar-refractivity contribution >= 4 is 27.5 Å². The molecule has 162 valence electrons. The molecule has 1 N–H and O–H groups in total. The van der Waals surface area contributed by atoms with Crippen LogP contribution >= 0.6 is 0 Å². The molecule has 1 aromatic heterocycles. The Labute approximate surface area is 181 Å². The molecule has 1 aromatic carbocycles. The Kier molecular flexibility index (Phi) is 4.82. The van der Waals surface area contributed by atoms with Crippen LogP contribution in [0.2, 0.25) is 0 Å². The summed E-state index contributed by atoms with van der Waals surface area (Å²) in [6.45, 7) is 1.60. The largest absolute Gasteiger partial charge is 0.336 e. The SMILES string of the molecule is O=C1CCc2cc(S(=O)(=O)N3CCC4(CCN(Cc5ccccn5)C4=O)C3)ccc2N1. The highest BCUT2D eigenvalue weighted by atomic mass is 32.2. The highest BCUT2D eigenvalue weighted by molar-refractivity contribution is 7.89. The van der Waals surface area contributed by atoms with Crippen LogP contribution in [0.3, 0.4) is 0 Å². The second-order valence-electron chi connectivity index (χ2n) is 8.53. The molecule has 31 heavy (non-hydrogen) atoms. The Balaban J connectivity index is 1.33. The zero-order valence-corrected chi connectivity index (χ0v) is 17.9. The van der Waals surface area contributed by atoms with E-state index in [4.69, 9.17) is 0 Å². The molecule has 4 heterocycles. The van der Waals surface area contributed by atoms with Crippen LogP contribution in [0.15, 0.2) is 47.5 Å². The molecule has 3 aliphatic heterocycles. The molecular weight excluding hydrogens is 416 g/mol. The number of rotatable bonds is 4. The van der Waals surface area contributed by atoms with E-state index in [2.05, 4.69) is 10.3 Å². The fourth-order valence-electron chi connectivity index (χ4n) is 4.82. The van der Waals surface area contributed by atoms with Crippen molar-refractivity contribution in [2.75, 3.05) is 25.0 Å². The number of hydrogen-bond acceptors (Lipinski definition) is 5. The number of nitrogens with zero attached hydrogens (tertiary/aromatic N) is 3. The first kappa shape index (κ1) is 20.1. The van der Waals surface area contributed by atoms with E-state index >= 15 is 0 Å². The number of carbonyl (C=O) groups is 2. The summed E-state index contributed by atoms with van der Waals surface area (Å²) in [5.74, 6) is -0.0383. The van der Waals surface area contributed by atoms with Gasteiger partial charge >= 0.3 is 0 Å². The number of likely N-dealkylation sites (tertiary alicyclic amines) is 1. The maximum Gasteiger partial charge on any atom is 0.243 e. The average Bonchev–Trinajstić information content (AvgIpc) is 3.34. The lowest BCUT2D eigenvalue weighted by molar-refractivity contribution is -0.135. The van der Waals surface area contributed by atoms with Crippen LogP contribution in [0.25, 0.3) is 0 Å². The van der Waals surface area contributed by atoms with Gasteiger partial charge in [0, 0.05) is 37.9 Å². The monoisotopic (exact) mass is 440 g/mol. The minimum absolute atomic E-state index is 0.0176. The number of nitrogens with one attached hydrogen (secondary N) is 1. The van der Waals surface area contributed by atoms with Crippen molar-refractivity contribution in [1.29, 1.82) is 0 Å². The third kappa shape index (κ3) is 3.51. The number of carbonyl (C=O) groups excluding carboxylic acids is 2. The fraction of sp³-hybridized carbons (Fsp3) is 0.409. The first-order valence-corrected chi connectivity index (χ1v) is 11.9. The topological polar surface area (TPSA) is 99.7 Å². The van der Waals surface area contributed by atoms with Crippen molar-refractivity contribution in [2.24, 2.45) is 5.41 Å². The van der Waals surface area contributed by atoms with Crippen molar-refractivity contribution in [3.8, 4) is 0 Å². The van der Waals surface area contributed by atoms with Gasteiger partial charge in [0.15, 0.2) is 0 Å². The number of aryl methyl sites for hydroxylation is 1. The van der Waals surface area contributed by atoms with Crippen LogP contribution in [0.5, 0.6) is 0 Å². The summed E-state index contributed by atoms with van der Waals surface area (Å²) in [7, 11) is -3.71. The van der Waals surface area contributed by atoms with Crippen LogP contribution in [-0.4, -0.2) is 54.1 Å². The molecule has 2 aromatic rings. The molecule has 5 rings (SSSR count). The van der Waals surface area contributed by atoms with E-state index in [1.807, 2.05) is 18.2 Å². The number of benzene rings is 1. The third-order valence-corrected chi connectivity index (χ3v) is 8.45. The maximum atomic E-state index is 13.3.